The molecule has 0 aromatic heterocycles. The molecule has 113 heavy (non-hydrogen) atoms. The van der Waals surface area contributed by atoms with Crippen molar-refractivity contribution in [2.75, 3.05) is 89.2 Å². The zero-order valence-electron chi connectivity index (χ0n) is 64.2. The minimum Gasteiger partial charge on any atom is -0.481 e. The third-order valence-corrected chi connectivity index (χ3v) is 17.6. The second kappa shape index (κ2) is 59.3. The Morgan fingerprint density at radius 3 is 1.08 bits per heavy atom. The summed E-state index contributed by atoms with van der Waals surface area (Å²) in [7, 11) is 0. The number of unbranched alkanes of at least 4 members (excludes halogenated alkanes) is 9. The summed E-state index contributed by atoms with van der Waals surface area (Å²) in [6.07, 6.45) is 4.66. The van der Waals surface area contributed by atoms with Crippen LogP contribution in [0.2, 0.25) is 0 Å². The maximum atomic E-state index is 13.0. The molecule has 638 valence electrons. The summed E-state index contributed by atoms with van der Waals surface area (Å²) in [5.74, 6) is -11.9. The lowest BCUT2D eigenvalue weighted by molar-refractivity contribution is -0.166. The Morgan fingerprint density at radius 2 is 0.637 bits per heavy atom. The van der Waals surface area contributed by atoms with Crippen molar-refractivity contribution in [1.29, 1.82) is 0 Å². The number of rotatable bonds is 69. The molecule has 0 saturated heterocycles. The van der Waals surface area contributed by atoms with Gasteiger partial charge >= 0.3 is 47.9 Å². The van der Waals surface area contributed by atoms with Crippen molar-refractivity contribution in [1.82, 2.24) is 62.6 Å². The largest absolute Gasteiger partial charge is 0.481 e. The molecule has 0 radical (unpaired) electrons. The fraction of sp³-hybridized carbons (Fsp3) is 0.704. The predicted molar refractivity (Wildman–Crippen MR) is 400 cm³/mol. The monoisotopic (exact) mass is 1610 g/mol. The lowest BCUT2D eigenvalue weighted by Gasteiger charge is -2.23. The fourth-order valence-electron chi connectivity index (χ4n) is 11.0. The van der Waals surface area contributed by atoms with Crippen LogP contribution >= 0.6 is 0 Å². The topological polar surface area (TPSA) is 640 Å². The van der Waals surface area contributed by atoms with Crippen LogP contribution in [0.4, 0.5) is 21.0 Å². The highest BCUT2D eigenvalue weighted by Gasteiger charge is 2.28. The number of hydrogen-bond acceptors (Lipinski definition) is 25. The molecule has 0 heterocycles. The minimum absolute atomic E-state index is 0.00235. The Hall–Kier alpha value is -10.5. The molecule has 42 heteroatoms. The minimum atomic E-state index is -1.58. The van der Waals surface area contributed by atoms with Crippen LogP contribution in [0.1, 0.15) is 219 Å². The van der Waals surface area contributed by atoms with Crippen molar-refractivity contribution >= 4 is 112 Å². The van der Waals surface area contributed by atoms with Gasteiger partial charge in [0.2, 0.25) is 41.4 Å². The average molecular weight is 1610 g/mol. The number of carboxylic acid groups (broad SMARTS) is 6. The van der Waals surface area contributed by atoms with Gasteiger partial charge in [-0.2, -0.15) is 0 Å². The number of nitrogens with one attached hydrogen (secondary N) is 10. The molecule has 0 aliphatic carbocycles. The van der Waals surface area contributed by atoms with Crippen molar-refractivity contribution in [3.05, 3.63) is 20.4 Å². The van der Waals surface area contributed by atoms with Crippen molar-refractivity contribution in [3.63, 3.8) is 0 Å². The maximum absolute atomic E-state index is 13.0. The number of anilines is 2. The second-order valence-corrected chi connectivity index (χ2v) is 27.0. The lowest BCUT2D eigenvalue weighted by Crippen LogP contribution is -2.51. The zero-order valence-corrected chi connectivity index (χ0v) is 64.2. The zero-order chi connectivity index (χ0) is 84.6. The summed E-state index contributed by atoms with van der Waals surface area (Å²) in [5, 5.41) is 112. The van der Waals surface area contributed by atoms with E-state index in [1.54, 1.807) is 0 Å². The Labute approximate surface area is 652 Å². The number of amides is 11. The number of carbonyl (C=O) groups is 17. The highest BCUT2D eigenvalue weighted by atomic mass is 16.5. The van der Waals surface area contributed by atoms with Gasteiger partial charge in [0.1, 0.15) is 47.1 Å². The highest BCUT2D eigenvalue weighted by molar-refractivity contribution is 5.88. The van der Waals surface area contributed by atoms with E-state index in [1.165, 1.54) is 6.92 Å². The summed E-state index contributed by atoms with van der Waals surface area (Å²) in [4.78, 5) is 231. The van der Waals surface area contributed by atoms with E-state index >= 15 is 0 Å². The van der Waals surface area contributed by atoms with Gasteiger partial charge in [-0.15, -0.1) is 0 Å². The van der Waals surface area contributed by atoms with Gasteiger partial charge in [-0.25, -0.2) is 44.0 Å². The van der Waals surface area contributed by atoms with E-state index in [2.05, 4.69) is 42.5 Å². The summed E-state index contributed by atoms with van der Waals surface area (Å²) in [5.41, 5.74) is -1.37. The van der Waals surface area contributed by atoms with Crippen molar-refractivity contribution in [2.45, 2.75) is 243 Å². The standard InChI is InChI=1S/C71H116N14O28/c1-47(86)83(111)42-14-4-9-35-74-57(92)30-32-59(94)85(113)43-13-3-2-6-19-49(88)27-31-58(93)84(112)44-15-5-10-38-76-62-63(65(100)64(62)99)77-40-46-82(41-18-21-48(87)20-16-24-54(89)72-36-11-7-22-50(66(101)102)78-70(109)80-52(68(105)106)28-33-60(95)96)45-39-75-56(91)26-17-25-55(90)73-37-12-8-23-51(67(103)104)79-71(110)81-53(69(107)108)29-34-61(97)98/h50-53,76-77,111-113H,2-46H2,1H3,(H,72,89)(H,73,90)(H,74,92)(H,75,91)(H,95,96)(H,97,98)(H,101,102)(H,103,104)(H,105,106)(H,107,108)(H2,78,80,109)(H2,79,81,110). The highest BCUT2D eigenvalue weighted by Crippen LogP contribution is 2.16. The lowest BCUT2D eigenvalue weighted by atomic mass is 10.1. The van der Waals surface area contributed by atoms with Crippen LogP contribution in [0.5, 0.6) is 0 Å². The van der Waals surface area contributed by atoms with Gasteiger partial charge in [-0.05, 0) is 129 Å². The van der Waals surface area contributed by atoms with Gasteiger partial charge in [0, 0.05) is 156 Å². The summed E-state index contributed by atoms with van der Waals surface area (Å²) >= 11 is 0. The molecule has 1 aromatic rings. The normalized spacial score (nSPS) is 12.0. The quantitative estimate of drug-likeness (QED) is 0.0188. The number of hydroxylamine groups is 6. The van der Waals surface area contributed by atoms with Gasteiger partial charge in [0.05, 0.1) is 0 Å². The Morgan fingerprint density at radius 1 is 0.301 bits per heavy atom. The first-order valence-corrected chi connectivity index (χ1v) is 38.2. The summed E-state index contributed by atoms with van der Waals surface area (Å²) in [6.45, 7) is 3.45. The van der Waals surface area contributed by atoms with Crippen LogP contribution in [-0.2, 0) is 71.9 Å². The van der Waals surface area contributed by atoms with Crippen LogP contribution in [-0.4, -0.2) is 270 Å². The van der Waals surface area contributed by atoms with E-state index < -0.39 is 132 Å². The second-order valence-electron chi connectivity index (χ2n) is 27.0. The molecule has 11 amide bonds. The Kier molecular flexibility index (Phi) is 52.7. The van der Waals surface area contributed by atoms with E-state index in [9.17, 15) is 127 Å². The third kappa shape index (κ3) is 49.5. The van der Waals surface area contributed by atoms with E-state index in [-0.39, 0.29) is 209 Å². The SMILES string of the molecule is CC(=O)N(O)CCCCCNC(=O)CCC(=O)N(O)CCCCCCC(=O)CCC(=O)N(O)CCCCCNc1c(NCCN(CCCC(=O)CCCC(=O)NCCCCC(NC(=O)NC(CCC(=O)O)C(=O)O)C(=O)O)CCNC(=O)CCCC(=O)NCCCCC(NC(=O)NC(CCC(=O)O)C(=O)O)C(=O)O)c(=O)c1=O. The molecule has 4 unspecified atom stereocenters. The molecule has 19 N–H and O–H groups in total. The first-order chi connectivity index (χ1) is 53.6. The third-order valence-electron chi connectivity index (χ3n) is 17.6. The number of urea groups is 2. The van der Waals surface area contributed by atoms with Crippen LogP contribution in [0.25, 0.3) is 0 Å². The molecule has 0 bridgehead atoms. The number of Topliss-reactive ketones (excluding diaryl/α,β-unsaturated/α-hetero) is 2. The van der Waals surface area contributed by atoms with Gasteiger partial charge < -0.3 is 83.8 Å². The van der Waals surface area contributed by atoms with Crippen LogP contribution in [0, 0.1) is 0 Å². The molecule has 0 aliphatic rings. The van der Waals surface area contributed by atoms with Gasteiger partial charge in [-0.3, -0.25) is 82.9 Å². The Balaban J connectivity index is 2.67. The molecule has 42 nitrogen and oxygen atoms in total. The Bertz CT molecular complexity index is 3200. The molecule has 0 aliphatic heterocycles. The summed E-state index contributed by atoms with van der Waals surface area (Å²) < 4.78 is 0. The van der Waals surface area contributed by atoms with Gasteiger partial charge in [-0.1, -0.05) is 12.8 Å². The molecular weight excluding hydrogens is 1500 g/mol. The van der Waals surface area contributed by atoms with Crippen LogP contribution in [0.15, 0.2) is 9.59 Å². The van der Waals surface area contributed by atoms with E-state index in [4.69, 9.17) is 10.2 Å². The number of nitrogens with zero attached hydrogens (tertiary/aromatic N) is 4. The molecule has 1 aromatic carbocycles. The average Bonchev–Trinajstić information content (AvgIpc) is 0.781. The molecule has 0 saturated carbocycles. The first-order valence-electron chi connectivity index (χ1n) is 38.2. The smallest absolute Gasteiger partial charge is 0.326 e. The van der Waals surface area contributed by atoms with E-state index in [0.717, 1.165) is 0 Å². The molecule has 0 fully saturated rings. The molecule has 4 atom stereocenters. The van der Waals surface area contributed by atoms with Crippen molar-refractivity contribution < 1.29 is 128 Å². The molecule has 1 rings (SSSR count). The maximum Gasteiger partial charge on any atom is 0.326 e. The number of ketones is 2. The first kappa shape index (κ1) is 101. The van der Waals surface area contributed by atoms with Gasteiger partial charge in [0.15, 0.2) is 0 Å². The number of aliphatic carboxylic acids is 6. The van der Waals surface area contributed by atoms with Crippen LogP contribution < -0.4 is 64.0 Å². The molecule has 0 spiro atoms. The fourth-order valence-corrected chi connectivity index (χ4v) is 11.0. The summed E-state index contributed by atoms with van der Waals surface area (Å²) in [6, 6.07) is -8.24. The van der Waals surface area contributed by atoms with E-state index in [0.29, 0.717) is 112 Å². The van der Waals surface area contributed by atoms with Crippen molar-refractivity contribution in [3.8, 4) is 0 Å². The number of carboxylic acids is 6. The van der Waals surface area contributed by atoms with Crippen molar-refractivity contribution in [2.24, 2.45) is 0 Å². The number of carbonyl (C=O) groups excluding carboxylic acids is 11. The predicted octanol–water partition coefficient (Wildman–Crippen LogP) is 1.14. The van der Waals surface area contributed by atoms with Gasteiger partial charge in [0.25, 0.3) is 10.9 Å². The molecular formula is C71H116N14O28. The number of hydrogen-bond donors (Lipinski definition) is 19. The van der Waals surface area contributed by atoms with E-state index in [1.807, 2.05) is 15.5 Å². The van der Waals surface area contributed by atoms with Crippen LogP contribution in [0.3, 0.4) is 0 Å².